The summed E-state index contributed by atoms with van der Waals surface area (Å²) in [6.45, 7) is 5.47. The van der Waals surface area contributed by atoms with Crippen molar-refractivity contribution in [3.05, 3.63) is 0 Å². The molecule has 1 fully saturated rings. The molecule has 1 saturated heterocycles. The van der Waals surface area contributed by atoms with E-state index < -0.39 is 0 Å². The molecule has 0 aliphatic carbocycles. The topological polar surface area (TPSA) is 50.8 Å². The number of esters is 1. The summed E-state index contributed by atoms with van der Waals surface area (Å²) in [5, 5.41) is 3.15. The molecule has 0 aromatic heterocycles. The van der Waals surface area contributed by atoms with Crippen molar-refractivity contribution in [3.8, 4) is 0 Å². The van der Waals surface area contributed by atoms with Crippen LogP contribution >= 0.6 is 0 Å². The molecule has 1 aliphatic heterocycles. The van der Waals surface area contributed by atoms with Crippen molar-refractivity contribution in [2.24, 2.45) is 0 Å². The van der Waals surface area contributed by atoms with Crippen molar-refractivity contribution in [1.82, 2.24) is 10.2 Å². The molecule has 0 aromatic rings. The summed E-state index contributed by atoms with van der Waals surface area (Å²) in [5.41, 5.74) is 0. The second kappa shape index (κ2) is 8.45. The Kier molecular flexibility index (Phi) is 7.23. The number of carbonyl (C=O) groups is 1. The molecule has 1 rings (SSSR count). The van der Waals surface area contributed by atoms with E-state index >= 15 is 0 Å². The third kappa shape index (κ3) is 5.33. The van der Waals surface area contributed by atoms with Crippen LogP contribution in [0, 0.1) is 0 Å². The number of nitrogens with zero attached hydrogens (tertiary/aromatic N) is 1. The lowest BCUT2D eigenvalue weighted by molar-refractivity contribution is -0.143. The average molecular weight is 258 g/mol. The summed E-state index contributed by atoms with van der Waals surface area (Å²) in [6.07, 6.45) is 3.45. The van der Waals surface area contributed by atoms with Gasteiger partial charge < -0.3 is 19.7 Å². The van der Waals surface area contributed by atoms with Crippen molar-refractivity contribution in [1.29, 1.82) is 0 Å². The van der Waals surface area contributed by atoms with Gasteiger partial charge in [-0.3, -0.25) is 4.79 Å². The maximum absolute atomic E-state index is 11.5. The lowest BCUT2D eigenvalue weighted by Gasteiger charge is -2.23. The molecular weight excluding hydrogens is 232 g/mol. The molecule has 2 unspecified atom stereocenters. The zero-order valence-corrected chi connectivity index (χ0v) is 11.8. The van der Waals surface area contributed by atoms with Crippen molar-refractivity contribution in [2.75, 3.05) is 40.4 Å². The number of nitrogens with one attached hydrogen (secondary N) is 1. The highest BCUT2D eigenvalue weighted by molar-refractivity contribution is 5.75. The SMILES string of the molecule is CCNC(CCN(C)CC1CCCO1)C(=O)OC. The summed E-state index contributed by atoms with van der Waals surface area (Å²) in [7, 11) is 3.50. The molecule has 106 valence electrons. The second-order valence-corrected chi connectivity index (χ2v) is 4.82. The van der Waals surface area contributed by atoms with Gasteiger partial charge in [0, 0.05) is 13.2 Å². The molecule has 0 amide bonds. The van der Waals surface area contributed by atoms with Crippen molar-refractivity contribution in [2.45, 2.75) is 38.3 Å². The number of rotatable bonds is 8. The summed E-state index contributed by atoms with van der Waals surface area (Å²) >= 11 is 0. The van der Waals surface area contributed by atoms with Crippen LogP contribution in [0.5, 0.6) is 0 Å². The molecule has 0 radical (unpaired) electrons. The van der Waals surface area contributed by atoms with Gasteiger partial charge >= 0.3 is 5.97 Å². The number of hydrogen-bond donors (Lipinski definition) is 1. The Morgan fingerprint density at radius 3 is 2.94 bits per heavy atom. The lowest BCUT2D eigenvalue weighted by Crippen LogP contribution is -2.41. The molecule has 0 aromatic carbocycles. The minimum Gasteiger partial charge on any atom is -0.468 e. The molecule has 1 aliphatic rings. The van der Waals surface area contributed by atoms with Crippen LogP contribution in [0.1, 0.15) is 26.2 Å². The first-order valence-electron chi connectivity index (χ1n) is 6.78. The molecule has 1 N–H and O–H groups in total. The van der Waals surface area contributed by atoms with E-state index in [2.05, 4.69) is 17.3 Å². The number of hydrogen-bond acceptors (Lipinski definition) is 5. The largest absolute Gasteiger partial charge is 0.468 e. The lowest BCUT2D eigenvalue weighted by atomic mass is 10.2. The Labute approximate surface area is 110 Å². The van der Waals surface area contributed by atoms with Gasteiger partial charge in [-0.25, -0.2) is 0 Å². The molecule has 5 heteroatoms. The quantitative estimate of drug-likeness (QED) is 0.647. The summed E-state index contributed by atoms with van der Waals surface area (Å²) in [4.78, 5) is 13.8. The molecule has 0 bridgehead atoms. The van der Waals surface area contributed by atoms with E-state index in [0.29, 0.717) is 6.10 Å². The number of ether oxygens (including phenoxy) is 2. The van der Waals surface area contributed by atoms with Gasteiger partial charge in [-0.05, 0) is 39.4 Å². The van der Waals surface area contributed by atoms with Crippen LogP contribution in [0.4, 0.5) is 0 Å². The van der Waals surface area contributed by atoms with Crippen LogP contribution in [0.15, 0.2) is 0 Å². The van der Waals surface area contributed by atoms with Crippen molar-refractivity contribution >= 4 is 5.97 Å². The van der Waals surface area contributed by atoms with E-state index in [9.17, 15) is 4.79 Å². The van der Waals surface area contributed by atoms with E-state index in [1.807, 2.05) is 6.92 Å². The first-order chi connectivity index (χ1) is 8.67. The highest BCUT2D eigenvalue weighted by Gasteiger charge is 2.20. The predicted octanol–water partition coefficient (Wildman–Crippen LogP) is 0.638. The molecular formula is C13H26N2O3. The number of likely N-dealkylation sites (N-methyl/N-ethyl adjacent to an activating group) is 2. The Balaban J connectivity index is 2.24. The van der Waals surface area contributed by atoms with E-state index in [0.717, 1.165) is 39.1 Å². The van der Waals surface area contributed by atoms with Crippen LogP contribution in [0.25, 0.3) is 0 Å². The molecule has 18 heavy (non-hydrogen) atoms. The van der Waals surface area contributed by atoms with E-state index in [1.165, 1.54) is 13.5 Å². The highest BCUT2D eigenvalue weighted by atomic mass is 16.5. The Hall–Kier alpha value is -0.650. The van der Waals surface area contributed by atoms with E-state index in [4.69, 9.17) is 9.47 Å². The van der Waals surface area contributed by atoms with E-state index in [-0.39, 0.29) is 12.0 Å². The summed E-state index contributed by atoms with van der Waals surface area (Å²) < 4.78 is 10.4. The van der Waals surface area contributed by atoms with Crippen LogP contribution in [-0.4, -0.2) is 63.4 Å². The number of methoxy groups -OCH3 is 1. The second-order valence-electron chi connectivity index (χ2n) is 4.82. The van der Waals surface area contributed by atoms with Crippen LogP contribution in [0.2, 0.25) is 0 Å². The highest BCUT2D eigenvalue weighted by Crippen LogP contribution is 2.12. The van der Waals surface area contributed by atoms with Gasteiger partial charge in [0.05, 0.1) is 13.2 Å². The van der Waals surface area contributed by atoms with Gasteiger partial charge in [0.15, 0.2) is 0 Å². The van der Waals surface area contributed by atoms with Gasteiger partial charge in [-0.2, -0.15) is 0 Å². The zero-order valence-electron chi connectivity index (χ0n) is 11.8. The molecule has 0 saturated carbocycles. The van der Waals surface area contributed by atoms with Crippen LogP contribution in [-0.2, 0) is 14.3 Å². The Bertz CT molecular complexity index is 242. The fourth-order valence-corrected chi connectivity index (χ4v) is 2.27. The fraction of sp³-hybridized carbons (Fsp3) is 0.923. The Morgan fingerprint density at radius 1 is 1.61 bits per heavy atom. The maximum Gasteiger partial charge on any atom is 0.322 e. The monoisotopic (exact) mass is 258 g/mol. The van der Waals surface area contributed by atoms with Gasteiger partial charge in [-0.15, -0.1) is 0 Å². The van der Waals surface area contributed by atoms with Crippen LogP contribution < -0.4 is 5.32 Å². The third-order valence-electron chi connectivity index (χ3n) is 3.28. The fourth-order valence-electron chi connectivity index (χ4n) is 2.27. The minimum absolute atomic E-state index is 0.178. The Morgan fingerprint density at radius 2 is 2.39 bits per heavy atom. The maximum atomic E-state index is 11.5. The third-order valence-corrected chi connectivity index (χ3v) is 3.28. The summed E-state index contributed by atoms with van der Waals surface area (Å²) in [6, 6.07) is -0.202. The van der Waals surface area contributed by atoms with Crippen molar-refractivity contribution < 1.29 is 14.3 Å². The summed E-state index contributed by atoms with van der Waals surface area (Å²) in [5.74, 6) is -0.178. The number of carbonyl (C=O) groups excluding carboxylic acids is 1. The normalized spacial score (nSPS) is 21.2. The van der Waals surface area contributed by atoms with E-state index in [1.54, 1.807) is 0 Å². The minimum atomic E-state index is -0.202. The zero-order chi connectivity index (χ0) is 13.4. The van der Waals surface area contributed by atoms with Gasteiger partial charge in [-0.1, -0.05) is 6.92 Å². The molecule has 1 heterocycles. The molecule has 0 spiro atoms. The smallest absolute Gasteiger partial charge is 0.322 e. The van der Waals surface area contributed by atoms with Crippen LogP contribution in [0.3, 0.4) is 0 Å². The standard InChI is InChI=1S/C13H26N2O3/c1-4-14-12(13(16)17-3)7-8-15(2)10-11-6-5-9-18-11/h11-12,14H,4-10H2,1-3H3. The average Bonchev–Trinajstić information content (AvgIpc) is 2.86. The predicted molar refractivity (Wildman–Crippen MR) is 70.6 cm³/mol. The van der Waals surface area contributed by atoms with Crippen molar-refractivity contribution in [3.63, 3.8) is 0 Å². The molecule has 5 nitrogen and oxygen atoms in total. The van der Waals surface area contributed by atoms with Gasteiger partial charge in [0.25, 0.3) is 0 Å². The first-order valence-corrected chi connectivity index (χ1v) is 6.78. The first kappa shape index (κ1) is 15.4. The van der Waals surface area contributed by atoms with Gasteiger partial charge in [0.1, 0.15) is 6.04 Å². The molecule has 2 atom stereocenters. The van der Waals surface area contributed by atoms with Gasteiger partial charge in [0.2, 0.25) is 0 Å².